The van der Waals surface area contributed by atoms with Gasteiger partial charge in [0.05, 0.1) is 0 Å². The minimum Gasteiger partial charge on any atom is -0.0887 e. The molecule has 0 nitrogen and oxygen atoms in total. The van der Waals surface area contributed by atoms with E-state index in [1.807, 2.05) is 0 Å². The van der Waals surface area contributed by atoms with E-state index in [1.54, 1.807) is 0 Å². The van der Waals surface area contributed by atoms with Crippen LogP contribution in [-0.4, -0.2) is 4.83 Å². The number of alkyl halides is 1. The summed E-state index contributed by atoms with van der Waals surface area (Å²) in [6.45, 7) is 2.24. The fourth-order valence-corrected chi connectivity index (χ4v) is 2.10. The third-order valence-corrected chi connectivity index (χ3v) is 2.95. The molecule has 0 heterocycles. The van der Waals surface area contributed by atoms with Gasteiger partial charge in [-0.3, -0.25) is 0 Å². The van der Waals surface area contributed by atoms with Crippen molar-refractivity contribution in [1.82, 2.24) is 0 Å². The average molecular weight is 241 g/mol. The maximum Gasteiger partial charge on any atom is 0.0186 e. The molecule has 1 aromatic rings. The first-order chi connectivity index (χ1) is 6.33. The van der Waals surface area contributed by atoms with E-state index in [1.165, 1.54) is 24.8 Å². The SMILES string of the molecule is CCCCC(Br)Cc1ccccc1. The Balaban J connectivity index is 2.32. The zero-order chi connectivity index (χ0) is 9.52. The van der Waals surface area contributed by atoms with Crippen LogP contribution in [0.4, 0.5) is 0 Å². The molecule has 0 aliphatic rings. The van der Waals surface area contributed by atoms with Crippen molar-refractivity contribution in [1.29, 1.82) is 0 Å². The van der Waals surface area contributed by atoms with Crippen molar-refractivity contribution in [2.75, 3.05) is 0 Å². The van der Waals surface area contributed by atoms with Gasteiger partial charge in [0, 0.05) is 4.83 Å². The van der Waals surface area contributed by atoms with Crippen molar-refractivity contribution in [3.63, 3.8) is 0 Å². The molecule has 0 fully saturated rings. The van der Waals surface area contributed by atoms with E-state index >= 15 is 0 Å². The number of rotatable bonds is 5. The molecule has 1 aromatic carbocycles. The lowest BCUT2D eigenvalue weighted by atomic mass is 10.1. The molecule has 0 N–H and O–H groups in total. The second-order valence-corrected chi connectivity index (χ2v) is 4.72. The predicted molar refractivity (Wildman–Crippen MR) is 62.4 cm³/mol. The van der Waals surface area contributed by atoms with E-state index in [0.717, 1.165) is 6.42 Å². The van der Waals surface area contributed by atoms with Gasteiger partial charge in [-0.05, 0) is 18.4 Å². The average Bonchev–Trinajstić information content (AvgIpc) is 2.16. The molecule has 1 atom stereocenters. The van der Waals surface area contributed by atoms with E-state index in [-0.39, 0.29) is 0 Å². The monoisotopic (exact) mass is 240 g/mol. The molecule has 1 heteroatoms. The minimum absolute atomic E-state index is 0.648. The highest BCUT2D eigenvalue weighted by atomic mass is 79.9. The van der Waals surface area contributed by atoms with Crippen LogP contribution in [0.25, 0.3) is 0 Å². The Morgan fingerprint density at radius 2 is 1.92 bits per heavy atom. The fraction of sp³-hybridized carbons (Fsp3) is 0.500. The summed E-state index contributed by atoms with van der Waals surface area (Å²) in [5.74, 6) is 0. The van der Waals surface area contributed by atoms with Crippen molar-refractivity contribution in [3.8, 4) is 0 Å². The number of unbranched alkanes of at least 4 members (excludes halogenated alkanes) is 1. The summed E-state index contributed by atoms with van der Waals surface area (Å²) in [6, 6.07) is 10.7. The zero-order valence-electron chi connectivity index (χ0n) is 8.17. The maximum atomic E-state index is 3.72. The Morgan fingerprint density at radius 1 is 1.23 bits per heavy atom. The van der Waals surface area contributed by atoms with Gasteiger partial charge in [0.25, 0.3) is 0 Å². The lowest BCUT2D eigenvalue weighted by Crippen LogP contribution is -2.01. The van der Waals surface area contributed by atoms with E-state index in [4.69, 9.17) is 0 Å². The van der Waals surface area contributed by atoms with Gasteiger partial charge in [0.15, 0.2) is 0 Å². The van der Waals surface area contributed by atoms with Crippen LogP contribution >= 0.6 is 15.9 Å². The summed E-state index contributed by atoms with van der Waals surface area (Å²) >= 11 is 3.72. The molecule has 1 unspecified atom stereocenters. The quantitative estimate of drug-likeness (QED) is 0.678. The first-order valence-electron chi connectivity index (χ1n) is 5.01. The standard InChI is InChI=1S/C12H17Br/c1-2-3-9-12(13)10-11-7-5-4-6-8-11/h4-8,12H,2-3,9-10H2,1H3. The van der Waals surface area contributed by atoms with Crippen molar-refractivity contribution < 1.29 is 0 Å². The second-order valence-electron chi connectivity index (χ2n) is 3.43. The van der Waals surface area contributed by atoms with E-state index in [2.05, 4.69) is 53.2 Å². The molecule has 13 heavy (non-hydrogen) atoms. The van der Waals surface area contributed by atoms with Gasteiger partial charge in [-0.25, -0.2) is 0 Å². The third-order valence-electron chi connectivity index (χ3n) is 2.17. The first-order valence-corrected chi connectivity index (χ1v) is 5.92. The van der Waals surface area contributed by atoms with Crippen LogP contribution in [-0.2, 0) is 6.42 Å². The summed E-state index contributed by atoms with van der Waals surface area (Å²) < 4.78 is 0. The Kier molecular flexibility index (Phi) is 5.14. The molecule has 0 bridgehead atoms. The largest absolute Gasteiger partial charge is 0.0887 e. The third kappa shape index (κ3) is 4.47. The lowest BCUT2D eigenvalue weighted by molar-refractivity contribution is 0.687. The molecule has 0 amide bonds. The van der Waals surface area contributed by atoms with Gasteiger partial charge < -0.3 is 0 Å². The highest BCUT2D eigenvalue weighted by molar-refractivity contribution is 9.09. The van der Waals surface area contributed by atoms with Crippen LogP contribution in [0.1, 0.15) is 31.7 Å². The van der Waals surface area contributed by atoms with E-state index in [9.17, 15) is 0 Å². The van der Waals surface area contributed by atoms with Crippen molar-refractivity contribution in [2.45, 2.75) is 37.4 Å². The number of hydrogen-bond acceptors (Lipinski definition) is 0. The molecular formula is C12H17Br. The Bertz CT molecular complexity index is 218. The summed E-state index contributed by atoms with van der Waals surface area (Å²) in [6.07, 6.45) is 5.05. The Hall–Kier alpha value is -0.300. The second kappa shape index (κ2) is 6.20. The van der Waals surface area contributed by atoms with Gasteiger partial charge in [-0.1, -0.05) is 66.0 Å². The molecule has 0 radical (unpaired) electrons. The fourth-order valence-electron chi connectivity index (χ4n) is 1.40. The first kappa shape index (κ1) is 10.8. The molecule has 72 valence electrons. The van der Waals surface area contributed by atoms with E-state index in [0.29, 0.717) is 4.83 Å². The van der Waals surface area contributed by atoms with E-state index < -0.39 is 0 Å². The zero-order valence-corrected chi connectivity index (χ0v) is 9.76. The van der Waals surface area contributed by atoms with Crippen LogP contribution in [0.5, 0.6) is 0 Å². The molecule has 0 aromatic heterocycles. The lowest BCUT2D eigenvalue weighted by Gasteiger charge is -2.08. The molecule has 0 spiro atoms. The van der Waals surface area contributed by atoms with Crippen molar-refractivity contribution in [3.05, 3.63) is 35.9 Å². The Labute approximate surface area is 89.5 Å². The molecule has 0 saturated carbocycles. The molecule has 0 aliphatic heterocycles. The van der Waals surface area contributed by atoms with Crippen molar-refractivity contribution in [2.24, 2.45) is 0 Å². The summed E-state index contributed by atoms with van der Waals surface area (Å²) in [7, 11) is 0. The summed E-state index contributed by atoms with van der Waals surface area (Å²) in [5.41, 5.74) is 1.43. The van der Waals surface area contributed by atoms with Gasteiger partial charge in [-0.15, -0.1) is 0 Å². The Morgan fingerprint density at radius 3 is 2.54 bits per heavy atom. The maximum absolute atomic E-state index is 3.72. The minimum atomic E-state index is 0.648. The topological polar surface area (TPSA) is 0 Å². The van der Waals surface area contributed by atoms with Gasteiger partial charge >= 0.3 is 0 Å². The summed E-state index contributed by atoms with van der Waals surface area (Å²) in [4.78, 5) is 0.648. The number of benzene rings is 1. The van der Waals surface area contributed by atoms with Crippen LogP contribution < -0.4 is 0 Å². The highest BCUT2D eigenvalue weighted by Crippen LogP contribution is 2.15. The normalized spacial score (nSPS) is 12.8. The van der Waals surface area contributed by atoms with Gasteiger partial charge in [-0.2, -0.15) is 0 Å². The van der Waals surface area contributed by atoms with Crippen LogP contribution in [0.2, 0.25) is 0 Å². The van der Waals surface area contributed by atoms with Gasteiger partial charge in [0.1, 0.15) is 0 Å². The van der Waals surface area contributed by atoms with Crippen LogP contribution in [0.3, 0.4) is 0 Å². The smallest absolute Gasteiger partial charge is 0.0186 e. The summed E-state index contributed by atoms with van der Waals surface area (Å²) in [5, 5.41) is 0. The van der Waals surface area contributed by atoms with Crippen LogP contribution in [0, 0.1) is 0 Å². The molecule has 1 rings (SSSR count). The highest BCUT2D eigenvalue weighted by Gasteiger charge is 2.03. The van der Waals surface area contributed by atoms with Crippen molar-refractivity contribution >= 4 is 15.9 Å². The van der Waals surface area contributed by atoms with Crippen LogP contribution in [0.15, 0.2) is 30.3 Å². The number of hydrogen-bond donors (Lipinski definition) is 0. The molecule has 0 saturated heterocycles. The molecular weight excluding hydrogens is 224 g/mol. The number of halogens is 1. The van der Waals surface area contributed by atoms with Gasteiger partial charge in [0.2, 0.25) is 0 Å². The predicted octanol–water partition coefficient (Wildman–Crippen LogP) is 4.18. The molecule has 0 aliphatic carbocycles.